The van der Waals surface area contributed by atoms with Gasteiger partial charge in [-0.25, -0.2) is 4.98 Å². The molecule has 0 aliphatic heterocycles. The lowest BCUT2D eigenvalue weighted by molar-refractivity contribution is 0.215. The molecule has 1 atom stereocenters. The molecule has 23 heavy (non-hydrogen) atoms. The molecular formula is C20H24N2O. The summed E-state index contributed by atoms with van der Waals surface area (Å²) in [6, 6.07) is 12.6. The molecule has 0 aliphatic rings. The number of nitrogens with zero attached hydrogens (tertiary/aromatic N) is 1. The first kappa shape index (κ1) is 15.6. The summed E-state index contributed by atoms with van der Waals surface area (Å²) in [6.07, 6.45) is -0.123. The van der Waals surface area contributed by atoms with Crippen LogP contribution in [-0.2, 0) is 0 Å². The highest BCUT2D eigenvalue weighted by Crippen LogP contribution is 2.31. The van der Waals surface area contributed by atoms with Crippen LogP contribution in [0.25, 0.3) is 11.0 Å². The second-order valence-corrected chi connectivity index (χ2v) is 6.60. The summed E-state index contributed by atoms with van der Waals surface area (Å²) < 4.78 is 6.24. The molecule has 1 heterocycles. The molecule has 3 aromatic rings. The number of aromatic nitrogens is 2. The normalized spacial score (nSPS) is 12.8. The van der Waals surface area contributed by atoms with Crippen molar-refractivity contribution in [1.29, 1.82) is 0 Å². The van der Waals surface area contributed by atoms with Gasteiger partial charge in [-0.1, -0.05) is 32.0 Å². The van der Waals surface area contributed by atoms with Gasteiger partial charge >= 0.3 is 0 Å². The van der Waals surface area contributed by atoms with Gasteiger partial charge in [-0.3, -0.25) is 0 Å². The molecule has 3 nitrogen and oxygen atoms in total. The summed E-state index contributed by atoms with van der Waals surface area (Å²) in [5.41, 5.74) is 5.70. The SMILES string of the molecule is Cc1ccc(C(C)C)c(O[C@H](C)c2nc3ccc(C)cc3[nH]2)c1. The van der Waals surface area contributed by atoms with E-state index in [2.05, 4.69) is 68.0 Å². The Balaban J connectivity index is 1.91. The topological polar surface area (TPSA) is 37.9 Å². The van der Waals surface area contributed by atoms with Crippen LogP contribution in [0.3, 0.4) is 0 Å². The van der Waals surface area contributed by atoms with E-state index in [1.54, 1.807) is 0 Å². The number of hydrogen-bond donors (Lipinski definition) is 1. The molecule has 120 valence electrons. The molecule has 3 rings (SSSR count). The minimum Gasteiger partial charge on any atom is -0.483 e. The standard InChI is InChI=1S/C20H24N2O/c1-12(2)16-8-6-14(4)11-19(16)23-15(5)20-21-17-9-7-13(3)10-18(17)22-20/h6-12,15H,1-5H3,(H,21,22)/t15-/m1/s1. The summed E-state index contributed by atoms with van der Waals surface area (Å²) in [7, 11) is 0. The molecule has 1 aromatic heterocycles. The molecular weight excluding hydrogens is 284 g/mol. The fraction of sp³-hybridized carbons (Fsp3) is 0.350. The van der Waals surface area contributed by atoms with Crippen LogP contribution in [0.2, 0.25) is 0 Å². The average Bonchev–Trinajstić information content (AvgIpc) is 2.90. The first-order valence-electron chi connectivity index (χ1n) is 8.17. The van der Waals surface area contributed by atoms with E-state index in [0.717, 1.165) is 22.6 Å². The van der Waals surface area contributed by atoms with Crippen LogP contribution in [0.15, 0.2) is 36.4 Å². The Hall–Kier alpha value is -2.29. The van der Waals surface area contributed by atoms with Crippen LogP contribution >= 0.6 is 0 Å². The summed E-state index contributed by atoms with van der Waals surface area (Å²) in [5, 5.41) is 0. The largest absolute Gasteiger partial charge is 0.483 e. The smallest absolute Gasteiger partial charge is 0.153 e. The number of benzene rings is 2. The van der Waals surface area contributed by atoms with E-state index >= 15 is 0 Å². The first-order valence-corrected chi connectivity index (χ1v) is 8.17. The molecule has 0 saturated carbocycles. The predicted octanol–water partition coefficient (Wildman–Crippen LogP) is 5.44. The second-order valence-electron chi connectivity index (χ2n) is 6.60. The third-order valence-electron chi connectivity index (χ3n) is 4.14. The fourth-order valence-corrected chi connectivity index (χ4v) is 2.80. The third-order valence-corrected chi connectivity index (χ3v) is 4.14. The maximum Gasteiger partial charge on any atom is 0.153 e. The van der Waals surface area contributed by atoms with Crippen molar-refractivity contribution in [2.24, 2.45) is 0 Å². The predicted molar refractivity (Wildman–Crippen MR) is 95.1 cm³/mol. The van der Waals surface area contributed by atoms with E-state index in [4.69, 9.17) is 4.74 Å². The minimum atomic E-state index is -0.123. The number of rotatable bonds is 4. The average molecular weight is 308 g/mol. The Morgan fingerprint density at radius 1 is 0.957 bits per heavy atom. The van der Waals surface area contributed by atoms with Crippen LogP contribution in [0.5, 0.6) is 5.75 Å². The maximum absolute atomic E-state index is 6.24. The Labute approximate surface area is 137 Å². The quantitative estimate of drug-likeness (QED) is 0.696. The van der Waals surface area contributed by atoms with Crippen molar-refractivity contribution in [2.45, 2.75) is 46.6 Å². The lowest BCUT2D eigenvalue weighted by Crippen LogP contribution is -2.07. The van der Waals surface area contributed by atoms with E-state index in [0.29, 0.717) is 5.92 Å². The van der Waals surface area contributed by atoms with Crippen molar-refractivity contribution in [2.75, 3.05) is 0 Å². The zero-order chi connectivity index (χ0) is 16.6. The lowest BCUT2D eigenvalue weighted by Gasteiger charge is -2.18. The van der Waals surface area contributed by atoms with Gasteiger partial charge < -0.3 is 9.72 Å². The molecule has 0 bridgehead atoms. The fourth-order valence-electron chi connectivity index (χ4n) is 2.80. The van der Waals surface area contributed by atoms with Crippen molar-refractivity contribution < 1.29 is 4.74 Å². The van der Waals surface area contributed by atoms with Gasteiger partial charge in [0.05, 0.1) is 11.0 Å². The zero-order valence-corrected chi connectivity index (χ0v) is 14.5. The number of H-pyrrole nitrogens is 1. The molecule has 0 spiro atoms. The van der Waals surface area contributed by atoms with Gasteiger partial charge in [-0.05, 0) is 61.6 Å². The van der Waals surface area contributed by atoms with Crippen molar-refractivity contribution in [1.82, 2.24) is 9.97 Å². The highest BCUT2D eigenvalue weighted by Gasteiger charge is 2.16. The Kier molecular flexibility index (Phi) is 4.12. The monoisotopic (exact) mass is 308 g/mol. The van der Waals surface area contributed by atoms with E-state index in [9.17, 15) is 0 Å². The van der Waals surface area contributed by atoms with Crippen molar-refractivity contribution in [3.63, 3.8) is 0 Å². The third kappa shape index (κ3) is 3.24. The Morgan fingerprint density at radius 2 is 1.65 bits per heavy atom. The summed E-state index contributed by atoms with van der Waals surface area (Å²) in [5.74, 6) is 2.24. The van der Waals surface area contributed by atoms with E-state index in [-0.39, 0.29) is 6.10 Å². The Morgan fingerprint density at radius 3 is 2.39 bits per heavy atom. The lowest BCUT2D eigenvalue weighted by atomic mass is 10.0. The van der Waals surface area contributed by atoms with E-state index in [1.807, 2.05) is 13.0 Å². The Bertz CT molecular complexity index is 833. The molecule has 0 saturated heterocycles. The summed E-state index contributed by atoms with van der Waals surface area (Å²) >= 11 is 0. The summed E-state index contributed by atoms with van der Waals surface area (Å²) in [6.45, 7) is 10.6. The minimum absolute atomic E-state index is 0.123. The van der Waals surface area contributed by atoms with Crippen molar-refractivity contribution >= 4 is 11.0 Å². The van der Waals surface area contributed by atoms with Crippen molar-refractivity contribution in [3.05, 3.63) is 58.9 Å². The molecule has 0 amide bonds. The van der Waals surface area contributed by atoms with Gasteiger partial charge in [0, 0.05) is 0 Å². The van der Waals surface area contributed by atoms with Gasteiger partial charge in [0.1, 0.15) is 11.6 Å². The number of ether oxygens (including phenoxy) is 1. The van der Waals surface area contributed by atoms with Crippen LogP contribution in [0.1, 0.15) is 55.3 Å². The van der Waals surface area contributed by atoms with Crippen LogP contribution < -0.4 is 4.74 Å². The van der Waals surface area contributed by atoms with E-state index < -0.39 is 0 Å². The van der Waals surface area contributed by atoms with Crippen molar-refractivity contribution in [3.8, 4) is 5.75 Å². The second kappa shape index (κ2) is 6.07. The summed E-state index contributed by atoms with van der Waals surface area (Å²) in [4.78, 5) is 8.05. The highest BCUT2D eigenvalue weighted by molar-refractivity contribution is 5.75. The highest BCUT2D eigenvalue weighted by atomic mass is 16.5. The molecule has 0 fully saturated rings. The maximum atomic E-state index is 6.24. The molecule has 0 aliphatic carbocycles. The first-order chi connectivity index (χ1) is 10.9. The molecule has 0 unspecified atom stereocenters. The molecule has 2 aromatic carbocycles. The van der Waals surface area contributed by atoms with Crippen LogP contribution in [0, 0.1) is 13.8 Å². The van der Waals surface area contributed by atoms with Gasteiger partial charge in [0.25, 0.3) is 0 Å². The van der Waals surface area contributed by atoms with Gasteiger partial charge in [-0.15, -0.1) is 0 Å². The van der Waals surface area contributed by atoms with Crippen LogP contribution in [-0.4, -0.2) is 9.97 Å². The zero-order valence-electron chi connectivity index (χ0n) is 14.5. The van der Waals surface area contributed by atoms with Gasteiger partial charge in [0.2, 0.25) is 0 Å². The number of nitrogens with one attached hydrogen (secondary N) is 1. The van der Waals surface area contributed by atoms with Crippen LogP contribution in [0.4, 0.5) is 0 Å². The number of fused-ring (bicyclic) bond motifs is 1. The molecule has 0 radical (unpaired) electrons. The number of hydrogen-bond acceptors (Lipinski definition) is 2. The molecule has 1 N–H and O–H groups in total. The van der Waals surface area contributed by atoms with Gasteiger partial charge in [-0.2, -0.15) is 0 Å². The molecule has 3 heteroatoms. The van der Waals surface area contributed by atoms with E-state index in [1.165, 1.54) is 16.7 Å². The van der Waals surface area contributed by atoms with Gasteiger partial charge in [0.15, 0.2) is 6.10 Å². The number of aryl methyl sites for hydroxylation is 2. The number of aromatic amines is 1. The number of imidazole rings is 1.